The van der Waals surface area contributed by atoms with E-state index in [1.165, 1.54) is 12.8 Å². The smallest absolute Gasteiger partial charge is 0.239 e. The van der Waals surface area contributed by atoms with Gasteiger partial charge in [0.25, 0.3) is 0 Å². The number of carbonyl (C=O) groups is 1. The van der Waals surface area contributed by atoms with Crippen molar-refractivity contribution in [3.05, 3.63) is 23.7 Å². The summed E-state index contributed by atoms with van der Waals surface area (Å²) in [6.45, 7) is 8.43. The zero-order chi connectivity index (χ0) is 16.2. The van der Waals surface area contributed by atoms with Crippen molar-refractivity contribution >= 4 is 18.3 Å². The number of amides is 1. The molecule has 3 N–H and O–H groups in total. The summed E-state index contributed by atoms with van der Waals surface area (Å²) in [6, 6.07) is 4.08. The molecule has 1 aromatic heterocycles. The fraction of sp³-hybridized carbons (Fsp3) is 0.706. The van der Waals surface area contributed by atoms with Gasteiger partial charge in [-0.3, -0.25) is 9.69 Å². The number of hydrogen-bond acceptors (Lipinski definition) is 4. The van der Waals surface area contributed by atoms with E-state index in [4.69, 9.17) is 10.2 Å². The van der Waals surface area contributed by atoms with Gasteiger partial charge in [-0.25, -0.2) is 0 Å². The van der Waals surface area contributed by atoms with Crippen LogP contribution in [-0.4, -0.2) is 36.0 Å². The van der Waals surface area contributed by atoms with Gasteiger partial charge in [-0.15, -0.1) is 12.4 Å². The van der Waals surface area contributed by atoms with Crippen LogP contribution in [0.3, 0.4) is 0 Å². The first-order valence-corrected chi connectivity index (χ1v) is 8.31. The Kier molecular flexibility index (Phi) is 7.58. The molecule has 5 nitrogen and oxygen atoms in total. The van der Waals surface area contributed by atoms with Crippen molar-refractivity contribution in [1.82, 2.24) is 10.2 Å². The molecule has 1 saturated heterocycles. The molecule has 2 rings (SSSR count). The van der Waals surface area contributed by atoms with Gasteiger partial charge < -0.3 is 15.5 Å². The van der Waals surface area contributed by atoms with Crippen molar-refractivity contribution in [2.24, 2.45) is 5.73 Å². The lowest BCUT2D eigenvalue weighted by Gasteiger charge is -2.28. The first kappa shape index (κ1) is 20.0. The van der Waals surface area contributed by atoms with Crippen LogP contribution in [0.15, 0.2) is 16.5 Å². The molecule has 0 bridgehead atoms. The van der Waals surface area contributed by atoms with Crippen LogP contribution in [0.2, 0.25) is 0 Å². The molecule has 6 heteroatoms. The third-order valence-electron chi connectivity index (χ3n) is 4.42. The van der Waals surface area contributed by atoms with Crippen LogP contribution < -0.4 is 11.1 Å². The van der Waals surface area contributed by atoms with Crippen molar-refractivity contribution < 1.29 is 9.21 Å². The van der Waals surface area contributed by atoms with Gasteiger partial charge in [0.05, 0.1) is 11.6 Å². The zero-order valence-electron chi connectivity index (χ0n) is 14.4. The third-order valence-corrected chi connectivity index (χ3v) is 4.42. The Morgan fingerprint density at radius 2 is 2.09 bits per heavy atom. The number of hydrogen-bond donors (Lipinski definition) is 2. The minimum Gasteiger partial charge on any atom is -0.465 e. The lowest BCUT2D eigenvalue weighted by molar-refractivity contribution is -0.126. The lowest BCUT2D eigenvalue weighted by atomic mass is 9.96. The third kappa shape index (κ3) is 5.23. The molecule has 23 heavy (non-hydrogen) atoms. The van der Waals surface area contributed by atoms with Crippen LogP contribution >= 0.6 is 12.4 Å². The molecule has 1 aliphatic heterocycles. The number of aryl methyl sites for hydroxylation is 1. The molecule has 0 aliphatic carbocycles. The Hall–Kier alpha value is -1.04. The maximum Gasteiger partial charge on any atom is 0.239 e. The zero-order valence-corrected chi connectivity index (χ0v) is 15.2. The maximum atomic E-state index is 12.3. The molecule has 0 aromatic carbocycles. The summed E-state index contributed by atoms with van der Waals surface area (Å²) in [6.07, 6.45) is 3.99. The van der Waals surface area contributed by atoms with Crippen LogP contribution in [0.4, 0.5) is 0 Å². The second-order valence-electron chi connectivity index (χ2n) is 6.58. The molecule has 1 aliphatic rings. The Bertz CT molecular complexity index is 496. The van der Waals surface area contributed by atoms with Gasteiger partial charge in [0.1, 0.15) is 11.5 Å². The van der Waals surface area contributed by atoms with Gasteiger partial charge in [0.15, 0.2) is 0 Å². The van der Waals surface area contributed by atoms with E-state index in [2.05, 4.69) is 10.2 Å². The number of carbonyl (C=O) groups excluding carboxylic acids is 1. The van der Waals surface area contributed by atoms with Gasteiger partial charge in [0, 0.05) is 6.54 Å². The Morgan fingerprint density at radius 1 is 1.43 bits per heavy atom. The number of nitrogens with two attached hydrogens (primary N) is 1. The second kappa shape index (κ2) is 8.71. The van der Waals surface area contributed by atoms with Crippen LogP contribution in [0.1, 0.15) is 57.1 Å². The van der Waals surface area contributed by atoms with Crippen molar-refractivity contribution in [3.63, 3.8) is 0 Å². The number of nitrogens with zero attached hydrogens (tertiary/aromatic N) is 1. The minimum absolute atomic E-state index is 0. The first-order chi connectivity index (χ1) is 10.4. The number of nitrogens with one attached hydrogen (secondary N) is 1. The van der Waals surface area contributed by atoms with Crippen molar-refractivity contribution in [1.29, 1.82) is 0 Å². The van der Waals surface area contributed by atoms with E-state index < -0.39 is 5.54 Å². The molecule has 2 unspecified atom stereocenters. The number of likely N-dealkylation sites (tertiary alicyclic amines) is 1. The fourth-order valence-corrected chi connectivity index (χ4v) is 3.12. The van der Waals surface area contributed by atoms with E-state index in [0.29, 0.717) is 13.0 Å². The molecular formula is C17H30ClN3O2. The van der Waals surface area contributed by atoms with Crippen molar-refractivity contribution in [2.45, 2.75) is 58.0 Å². The topological polar surface area (TPSA) is 71.5 Å². The molecule has 1 amide bonds. The summed E-state index contributed by atoms with van der Waals surface area (Å²) in [4.78, 5) is 14.7. The van der Waals surface area contributed by atoms with Gasteiger partial charge in [-0.1, -0.05) is 13.3 Å². The Labute approximate surface area is 145 Å². The highest BCUT2D eigenvalue weighted by Gasteiger charge is 2.30. The predicted molar refractivity (Wildman–Crippen MR) is 94.8 cm³/mol. The van der Waals surface area contributed by atoms with Crippen LogP contribution in [-0.2, 0) is 4.79 Å². The lowest BCUT2D eigenvalue weighted by Crippen LogP contribution is -2.53. The molecular weight excluding hydrogens is 314 g/mol. The molecule has 0 saturated carbocycles. The second-order valence-corrected chi connectivity index (χ2v) is 6.58. The summed E-state index contributed by atoms with van der Waals surface area (Å²) in [5, 5.41) is 3.03. The van der Waals surface area contributed by atoms with Gasteiger partial charge in [-0.2, -0.15) is 0 Å². The highest BCUT2D eigenvalue weighted by molar-refractivity contribution is 5.85. The number of furan rings is 1. The Morgan fingerprint density at radius 3 is 2.61 bits per heavy atom. The molecule has 132 valence electrons. The van der Waals surface area contributed by atoms with Crippen LogP contribution in [0.25, 0.3) is 0 Å². The SMILES string of the molecule is CCCC(C)(N)C(=O)NCC(c1ccc(C)o1)N1CCCC1.Cl. The fourth-order valence-electron chi connectivity index (χ4n) is 3.12. The number of rotatable bonds is 7. The minimum atomic E-state index is -0.802. The first-order valence-electron chi connectivity index (χ1n) is 8.31. The van der Waals surface area contributed by atoms with Gasteiger partial charge >= 0.3 is 0 Å². The average Bonchev–Trinajstić information content (AvgIpc) is 3.11. The van der Waals surface area contributed by atoms with E-state index in [0.717, 1.165) is 31.0 Å². The largest absolute Gasteiger partial charge is 0.465 e. The van der Waals surface area contributed by atoms with E-state index in [-0.39, 0.29) is 24.4 Å². The molecule has 1 aromatic rings. The molecule has 0 spiro atoms. The van der Waals surface area contributed by atoms with Gasteiger partial charge in [0.2, 0.25) is 5.91 Å². The number of halogens is 1. The monoisotopic (exact) mass is 343 g/mol. The highest BCUT2D eigenvalue weighted by atomic mass is 35.5. The van der Waals surface area contributed by atoms with E-state index >= 15 is 0 Å². The van der Waals surface area contributed by atoms with E-state index in [1.54, 1.807) is 6.92 Å². The quantitative estimate of drug-likeness (QED) is 0.798. The summed E-state index contributed by atoms with van der Waals surface area (Å²) < 4.78 is 5.80. The highest BCUT2D eigenvalue weighted by Crippen LogP contribution is 2.26. The van der Waals surface area contributed by atoms with Crippen molar-refractivity contribution in [2.75, 3.05) is 19.6 Å². The van der Waals surface area contributed by atoms with E-state index in [9.17, 15) is 4.79 Å². The summed E-state index contributed by atoms with van der Waals surface area (Å²) >= 11 is 0. The van der Waals surface area contributed by atoms with E-state index in [1.807, 2.05) is 26.0 Å². The molecule has 0 radical (unpaired) electrons. The molecule has 2 heterocycles. The molecule has 2 atom stereocenters. The Balaban J connectivity index is 0.00000264. The van der Waals surface area contributed by atoms with Crippen LogP contribution in [0.5, 0.6) is 0 Å². The predicted octanol–water partition coefficient (Wildman–Crippen LogP) is 2.78. The summed E-state index contributed by atoms with van der Waals surface area (Å²) in [7, 11) is 0. The van der Waals surface area contributed by atoms with Crippen molar-refractivity contribution in [3.8, 4) is 0 Å². The standard InChI is InChI=1S/C17H29N3O2.ClH/c1-4-9-17(3,18)16(21)19-12-14(20-10-5-6-11-20)15-8-7-13(2)22-15;/h7-8,14H,4-6,9-12,18H2,1-3H3,(H,19,21);1H. The average molecular weight is 344 g/mol. The maximum absolute atomic E-state index is 12.3. The summed E-state index contributed by atoms with van der Waals surface area (Å²) in [5.41, 5.74) is 5.30. The normalized spacial score (nSPS) is 19.0. The summed E-state index contributed by atoms with van der Waals surface area (Å²) in [5.74, 6) is 1.75. The van der Waals surface area contributed by atoms with Gasteiger partial charge in [-0.05, 0) is 58.3 Å². The van der Waals surface area contributed by atoms with Crippen LogP contribution in [0, 0.1) is 6.92 Å². The molecule has 1 fully saturated rings.